The number of aryl methyl sites for hydroxylation is 2. The van der Waals surface area contributed by atoms with Crippen LogP contribution in [0.15, 0.2) is 33.9 Å². The number of hydrogen-bond donors (Lipinski definition) is 1. The molecular weight excluding hydrogens is 290 g/mol. The Labute approximate surface area is 125 Å². The van der Waals surface area contributed by atoms with E-state index in [4.69, 9.17) is 4.52 Å². The molecule has 0 unspecified atom stereocenters. The molecule has 7 nitrogen and oxygen atoms in total. The zero-order valence-electron chi connectivity index (χ0n) is 11.5. The van der Waals surface area contributed by atoms with Gasteiger partial charge < -0.3 is 9.63 Å². The second-order valence-corrected chi connectivity index (χ2v) is 5.42. The van der Waals surface area contributed by atoms with Crippen LogP contribution in [0.2, 0.25) is 0 Å². The number of aromatic hydroxyl groups is 1. The van der Waals surface area contributed by atoms with Gasteiger partial charge in [-0.15, -0.1) is 5.10 Å². The minimum Gasteiger partial charge on any atom is -0.508 e. The molecule has 8 heteroatoms. The first-order valence-corrected chi connectivity index (χ1v) is 7.26. The van der Waals surface area contributed by atoms with Crippen molar-refractivity contribution in [1.82, 2.24) is 25.4 Å². The number of thioether (sulfide) groups is 1. The van der Waals surface area contributed by atoms with Gasteiger partial charge in [0.15, 0.2) is 0 Å². The molecule has 0 aliphatic heterocycles. The molecule has 0 aliphatic rings. The molecule has 0 atom stereocenters. The summed E-state index contributed by atoms with van der Waals surface area (Å²) >= 11 is 1.50. The normalized spacial score (nSPS) is 11.0. The lowest BCUT2D eigenvalue weighted by molar-refractivity contribution is 0.392. The van der Waals surface area contributed by atoms with Crippen LogP contribution in [0.1, 0.15) is 17.0 Å². The Morgan fingerprint density at radius 3 is 2.67 bits per heavy atom. The number of benzene rings is 1. The molecule has 0 fully saturated rings. The van der Waals surface area contributed by atoms with Crippen LogP contribution in [0.4, 0.5) is 0 Å². The van der Waals surface area contributed by atoms with Crippen LogP contribution >= 0.6 is 11.8 Å². The summed E-state index contributed by atoms with van der Waals surface area (Å²) in [6.45, 7) is 3.80. The topological polar surface area (TPSA) is 89.9 Å². The highest BCUT2D eigenvalue weighted by Gasteiger charge is 2.13. The Kier molecular flexibility index (Phi) is 3.61. The highest BCUT2D eigenvalue weighted by molar-refractivity contribution is 7.98. The fourth-order valence-corrected chi connectivity index (χ4v) is 2.91. The molecule has 0 amide bonds. The Morgan fingerprint density at radius 1 is 1.24 bits per heavy atom. The predicted octanol–water partition coefficient (Wildman–Crippen LogP) is 2.27. The van der Waals surface area contributed by atoms with Gasteiger partial charge >= 0.3 is 0 Å². The Balaban J connectivity index is 1.81. The van der Waals surface area contributed by atoms with Gasteiger partial charge in [0, 0.05) is 11.3 Å². The van der Waals surface area contributed by atoms with E-state index in [0.29, 0.717) is 10.9 Å². The zero-order valence-corrected chi connectivity index (χ0v) is 12.3. The maximum Gasteiger partial charge on any atom is 0.214 e. The van der Waals surface area contributed by atoms with Crippen molar-refractivity contribution in [2.75, 3.05) is 0 Å². The molecule has 2 heterocycles. The Hall–Kier alpha value is -2.35. The van der Waals surface area contributed by atoms with Crippen molar-refractivity contribution in [3.05, 3.63) is 41.3 Å². The number of hydrogen-bond acceptors (Lipinski definition) is 7. The van der Waals surface area contributed by atoms with E-state index in [1.54, 1.807) is 28.9 Å². The summed E-state index contributed by atoms with van der Waals surface area (Å²) in [4.78, 5) is 0. The molecule has 108 valence electrons. The van der Waals surface area contributed by atoms with Crippen LogP contribution in [-0.2, 0) is 5.75 Å². The van der Waals surface area contributed by atoms with Gasteiger partial charge in [0.2, 0.25) is 5.16 Å². The van der Waals surface area contributed by atoms with Crippen LogP contribution in [0.5, 0.6) is 5.75 Å². The lowest BCUT2D eigenvalue weighted by atomic mass is 10.2. The highest BCUT2D eigenvalue weighted by atomic mass is 32.2. The fourth-order valence-electron chi connectivity index (χ4n) is 1.87. The van der Waals surface area contributed by atoms with E-state index >= 15 is 0 Å². The van der Waals surface area contributed by atoms with Crippen molar-refractivity contribution < 1.29 is 9.63 Å². The highest BCUT2D eigenvalue weighted by Crippen LogP contribution is 2.26. The molecular formula is C13H13N5O2S. The van der Waals surface area contributed by atoms with E-state index in [-0.39, 0.29) is 5.75 Å². The third-order valence-corrected chi connectivity index (χ3v) is 4.01. The first-order chi connectivity index (χ1) is 10.1. The number of aromatic nitrogens is 5. The smallest absolute Gasteiger partial charge is 0.214 e. The zero-order chi connectivity index (χ0) is 14.8. The van der Waals surface area contributed by atoms with Gasteiger partial charge in [-0.1, -0.05) is 16.9 Å². The summed E-state index contributed by atoms with van der Waals surface area (Å²) in [5.74, 6) is 1.69. The van der Waals surface area contributed by atoms with Crippen molar-refractivity contribution in [1.29, 1.82) is 0 Å². The number of nitrogens with zero attached hydrogens (tertiary/aromatic N) is 5. The quantitative estimate of drug-likeness (QED) is 0.739. The molecule has 1 aromatic carbocycles. The maximum atomic E-state index is 9.33. The molecule has 0 saturated carbocycles. The molecule has 0 saturated heterocycles. The molecule has 3 aromatic rings. The van der Waals surface area contributed by atoms with Gasteiger partial charge in [-0.05, 0) is 48.5 Å². The summed E-state index contributed by atoms with van der Waals surface area (Å²) in [5.41, 5.74) is 2.72. The number of rotatable bonds is 4. The van der Waals surface area contributed by atoms with Crippen LogP contribution in [0.25, 0.3) is 5.69 Å². The van der Waals surface area contributed by atoms with Gasteiger partial charge in [-0.25, -0.2) is 0 Å². The first kappa shape index (κ1) is 13.6. The van der Waals surface area contributed by atoms with E-state index in [0.717, 1.165) is 22.7 Å². The van der Waals surface area contributed by atoms with Gasteiger partial charge in [0.05, 0.1) is 11.4 Å². The third-order valence-electron chi connectivity index (χ3n) is 3.06. The molecule has 3 rings (SSSR count). The Bertz CT molecular complexity index is 731. The SMILES string of the molecule is Cc1noc(C)c1CSc1nnnn1-c1ccc(O)cc1. The van der Waals surface area contributed by atoms with Gasteiger partial charge in [0.1, 0.15) is 11.5 Å². The van der Waals surface area contributed by atoms with Gasteiger partial charge in [-0.3, -0.25) is 0 Å². The van der Waals surface area contributed by atoms with Crippen LogP contribution in [0.3, 0.4) is 0 Å². The third kappa shape index (κ3) is 2.75. The van der Waals surface area contributed by atoms with Crippen molar-refractivity contribution >= 4 is 11.8 Å². The molecule has 0 bridgehead atoms. The number of tetrazole rings is 1. The van der Waals surface area contributed by atoms with Crippen LogP contribution in [0, 0.1) is 13.8 Å². The van der Waals surface area contributed by atoms with Crippen molar-refractivity contribution in [2.24, 2.45) is 0 Å². The van der Waals surface area contributed by atoms with Crippen molar-refractivity contribution in [2.45, 2.75) is 24.8 Å². The maximum absolute atomic E-state index is 9.33. The predicted molar refractivity (Wildman–Crippen MR) is 76.4 cm³/mol. The van der Waals surface area contributed by atoms with E-state index in [9.17, 15) is 5.11 Å². The molecule has 21 heavy (non-hydrogen) atoms. The lowest BCUT2D eigenvalue weighted by Gasteiger charge is -2.04. The first-order valence-electron chi connectivity index (χ1n) is 6.27. The summed E-state index contributed by atoms with van der Waals surface area (Å²) in [7, 11) is 0. The summed E-state index contributed by atoms with van der Waals surface area (Å²) in [6.07, 6.45) is 0. The number of phenolic OH excluding ortho intramolecular Hbond substituents is 1. The molecule has 2 aromatic heterocycles. The van der Waals surface area contributed by atoms with Crippen LogP contribution in [-0.4, -0.2) is 30.5 Å². The van der Waals surface area contributed by atoms with E-state index in [1.165, 1.54) is 11.8 Å². The minimum atomic E-state index is 0.205. The van der Waals surface area contributed by atoms with E-state index in [2.05, 4.69) is 20.7 Å². The fraction of sp³-hybridized carbons (Fsp3) is 0.231. The Morgan fingerprint density at radius 2 is 2.00 bits per heavy atom. The minimum absolute atomic E-state index is 0.205. The van der Waals surface area contributed by atoms with Crippen molar-refractivity contribution in [3.8, 4) is 11.4 Å². The molecule has 0 radical (unpaired) electrons. The largest absolute Gasteiger partial charge is 0.508 e. The molecule has 0 aliphatic carbocycles. The van der Waals surface area contributed by atoms with Gasteiger partial charge in [0.25, 0.3) is 0 Å². The summed E-state index contributed by atoms with van der Waals surface area (Å²) in [6, 6.07) is 6.71. The van der Waals surface area contributed by atoms with Gasteiger partial charge in [-0.2, -0.15) is 4.68 Å². The average molecular weight is 303 g/mol. The average Bonchev–Trinajstić information content (AvgIpc) is 3.06. The van der Waals surface area contributed by atoms with Crippen LogP contribution < -0.4 is 0 Å². The monoisotopic (exact) mass is 303 g/mol. The van der Waals surface area contributed by atoms with E-state index in [1.807, 2.05) is 13.8 Å². The lowest BCUT2D eigenvalue weighted by Crippen LogP contribution is -1.99. The number of phenols is 1. The molecule has 1 N–H and O–H groups in total. The standard InChI is InChI=1S/C13H13N5O2S/c1-8-12(9(2)20-15-8)7-21-13-14-16-17-18(13)10-3-5-11(19)6-4-10/h3-6,19H,7H2,1-2H3. The van der Waals surface area contributed by atoms with Crippen molar-refractivity contribution in [3.63, 3.8) is 0 Å². The van der Waals surface area contributed by atoms with E-state index < -0.39 is 0 Å². The summed E-state index contributed by atoms with van der Waals surface area (Å²) in [5, 5.41) is 25.6. The summed E-state index contributed by atoms with van der Waals surface area (Å²) < 4.78 is 6.77. The molecule has 0 spiro atoms. The second-order valence-electron chi connectivity index (χ2n) is 4.48. The second kappa shape index (κ2) is 5.57.